The second kappa shape index (κ2) is 2.48. The molecule has 0 spiro atoms. The number of hydrogen-bond donors (Lipinski definition) is 0. The van der Waals surface area contributed by atoms with Gasteiger partial charge in [-0.2, -0.15) is 0 Å². The summed E-state index contributed by atoms with van der Waals surface area (Å²) in [7, 11) is 0. The topological polar surface area (TPSA) is 23.8 Å². The average Bonchev–Trinajstić information content (AvgIpc) is 1.49. The summed E-state index contributed by atoms with van der Waals surface area (Å²) in [5.74, 6) is 0. The Hall–Kier alpha value is -0.0400. The maximum absolute atomic E-state index is 7.78. The summed E-state index contributed by atoms with van der Waals surface area (Å²) in [6, 6.07) is 0.175. The molecule has 0 aliphatic heterocycles. The lowest BCUT2D eigenvalue weighted by Gasteiger charge is -2.47. The molecule has 0 aromatic rings. The Balaban J connectivity index is 2.66. The van der Waals surface area contributed by atoms with Crippen LogP contribution in [0.3, 0.4) is 0 Å². The molecule has 0 aromatic heterocycles. The molecule has 0 bridgehead atoms. The minimum Gasteiger partial charge on any atom is -0.675 e. The largest absolute Gasteiger partial charge is 0.675 e. The summed E-state index contributed by atoms with van der Waals surface area (Å²) < 4.78 is 0. The molecule has 0 heterocycles. The van der Waals surface area contributed by atoms with Crippen LogP contribution in [0.25, 0.3) is 5.73 Å². The molecule has 66 valence electrons. The van der Waals surface area contributed by atoms with Gasteiger partial charge in [0, 0.05) is 0 Å². The van der Waals surface area contributed by atoms with E-state index in [4.69, 9.17) is 5.73 Å². The van der Waals surface area contributed by atoms with Crippen molar-refractivity contribution >= 4 is 0 Å². The van der Waals surface area contributed by atoms with Crippen molar-refractivity contribution in [2.45, 2.75) is 53.0 Å². The quantitative estimate of drug-likeness (QED) is 0.508. The number of hydrogen-bond acceptors (Lipinski definition) is 0. The van der Waals surface area contributed by atoms with Gasteiger partial charge < -0.3 is 5.73 Å². The van der Waals surface area contributed by atoms with Gasteiger partial charge in [0.15, 0.2) is 0 Å². The average molecular weight is 154 g/mol. The van der Waals surface area contributed by atoms with Crippen LogP contribution in [0.5, 0.6) is 0 Å². The van der Waals surface area contributed by atoms with Crippen molar-refractivity contribution in [3.8, 4) is 0 Å². The molecule has 1 rings (SSSR count). The van der Waals surface area contributed by atoms with Gasteiger partial charge in [-0.15, -0.1) is 6.04 Å². The number of rotatable bonds is 0. The lowest BCUT2D eigenvalue weighted by Crippen LogP contribution is -2.34. The summed E-state index contributed by atoms with van der Waals surface area (Å²) in [6.07, 6.45) is 3.43. The zero-order chi connectivity index (χ0) is 8.70. The van der Waals surface area contributed by atoms with Crippen molar-refractivity contribution in [1.29, 1.82) is 0 Å². The maximum atomic E-state index is 7.78. The fraction of sp³-hybridized carbons (Fsp3) is 1.00. The van der Waals surface area contributed by atoms with Gasteiger partial charge in [0.25, 0.3) is 0 Å². The Morgan fingerprint density at radius 2 is 1.36 bits per heavy atom. The van der Waals surface area contributed by atoms with Crippen LogP contribution in [0.4, 0.5) is 0 Å². The van der Waals surface area contributed by atoms with E-state index >= 15 is 0 Å². The molecule has 1 N–H and O–H groups in total. The van der Waals surface area contributed by atoms with Crippen molar-refractivity contribution < 1.29 is 0 Å². The highest BCUT2D eigenvalue weighted by atomic mass is 14.7. The van der Waals surface area contributed by atoms with E-state index in [-0.39, 0.29) is 6.04 Å². The Kier molecular flexibility index (Phi) is 2.04. The monoisotopic (exact) mass is 154 g/mol. The molecular formula is C10H20N-. The molecule has 1 nitrogen and oxygen atoms in total. The van der Waals surface area contributed by atoms with Crippen LogP contribution >= 0.6 is 0 Å². The fourth-order valence-corrected chi connectivity index (χ4v) is 2.85. The molecule has 0 atom stereocenters. The highest BCUT2D eigenvalue weighted by molar-refractivity contribution is 4.94. The Morgan fingerprint density at radius 1 is 1.00 bits per heavy atom. The van der Waals surface area contributed by atoms with Gasteiger partial charge in [-0.1, -0.05) is 40.5 Å². The first kappa shape index (κ1) is 9.05. The molecule has 0 saturated heterocycles. The van der Waals surface area contributed by atoms with Gasteiger partial charge >= 0.3 is 0 Å². The van der Waals surface area contributed by atoms with Gasteiger partial charge in [0.05, 0.1) is 0 Å². The molecule has 1 saturated carbocycles. The Morgan fingerprint density at radius 3 is 1.64 bits per heavy atom. The van der Waals surface area contributed by atoms with Crippen LogP contribution in [0.1, 0.15) is 47.0 Å². The van der Waals surface area contributed by atoms with Crippen molar-refractivity contribution in [3.63, 3.8) is 0 Å². The van der Waals surface area contributed by atoms with E-state index in [1.54, 1.807) is 0 Å². The summed E-state index contributed by atoms with van der Waals surface area (Å²) in [4.78, 5) is 0. The number of nitrogens with one attached hydrogen (secondary N) is 1. The summed E-state index contributed by atoms with van der Waals surface area (Å²) in [6.45, 7) is 9.15. The highest BCUT2D eigenvalue weighted by Gasteiger charge is 2.34. The van der Waals surface area contributed by atoms with Crippen molar-refractivity contribution in [1.82, 2.24) is 0 Å². The summed E-state index contributed by atoms with van der Waals surface area (Å²) >= 11 is 0. The standard InChI is InChI=1S/C10H20N/c1-9(2)5-8(11)6-10(3,4)7-9/h8,11H,5-7H2,1-4H3/q-1. The first-order valence-corrected chi connectivity index (χ1v) is 4.52. The summed E-state index contributed by atoms with van der Waals surface area (Å²) in [5, 5.41) is 0. The van der Waals surface area contributed by atoms with Crippen LogP contribution in [-0.2, 0) is 0 Å². The molecular weight excluding hydrogens is 134 g/mol. The minimum absolute atomic E-state index is 0.175. The lowest BCUT2D eigenvalue weighted by molar-refractivity contribution is 0.111. The molecule has 1 aliphatic rings. The predicted molar refractivity (Wildman–Crippen MR) is 49.5 cm³/mol. The van der Waals surface area contributed by atoms with Gasteiger partial charge in [0.1, 0.15) is 0 Å². The first-order chi connectivity index (χ1) is 4.81. The van der Waals surface area contributed by atoms with Crippen molar-refractivity contribution in [3.05, 3.63) is 5.73 Å². The molecule has 0 unspecified atom stereocenters. The van der Waals surface area contributed by atoms with E-state index in [1.165, 1.54) is 6.42 Å². The zero-order valence-electron chi connectivity index (χ0n) is 8.20. The van der Waals surface area contributed by atoms with Crippen LogP contribution in [0.15, 0.2) is 0 Å². The smallest absolute Gasteiger partial charge is 0.0363 e. The van der Waals surface area contributed by atoms with Crippen LogP contribution in [-0.4, -0.2) is 6.04 Å². The Bertz CT molecular complexity index is 131. The third-order valence-electron chi connectivity index (χ3n) is 2.56. The van der Waals surface area contributed by atoms with E-state index in [0.717, 1.165) is 12.8 Å². The van der Waals surface area contributed by atoms with E-state index in [0.29, 0.717) is 10.8 Å². The lowest BCUT2D eigenvalue weighted by atomic mass is 9.64. The highest BCUT2D eigenvalue weighted by Crippen LogP contribution is 2.46. The van der Waals surface area contributed by atoms with Gasteiger partial charge in [-0.25, -0.2) is 0 Å². The SMILES string of the molecule is CC1(C)CC([NH-])CC(C)(C)C1. The van der Waals surface area contributed by atoms with E-state index < -0.39 is 0 Å². The second-order valence-electron chi connectivity index (χ2n) is 5.61. The van der Waals surface area contributed by atoms with Gasteiger partial charge in [0.2, 0.25) is 0 Å². The second-order valence-corrected chi connectivity index (χ2v) is 5.61. The van der Waals surface area contributed by atoms with Crippen molar-refractivity contribution in [2.24, 2.45) is 10.8 Å². The predicted octanol–water partition coefficient (Wildman–Crippen LogP) is 3.64. The molecule has 1 fully saturated rings. The normalized spacial score (nSPS) is 30.3. The van der Waals surface area contributed by atoms with Crippen LogP contribution < -0.4 is 0 Å². The Labute approximate surface area is 70.4 Å². The molecule has 0 amide bonds. The molecule has 0 radical (unpaired) electrons. The molecule has 0 aromatic carbocycles. The fourth-order valence-electron chi connectivity index (χ4n) is 2.85. The maximum Gasteiger partial charge on any atom is -0.0363 e. The van der Waals surface area contributed by atoms with Crippen LogP contribution in [0.2, 0.25) is 0 Å². The molecule has 1 aliphatic carbocycles. The molecule has 1 heteroatoms. The third kappa shape index (κ3) is 2.48. The van der Waals surface area contributed by atoms with E-state index in [2.05, 4.69) is 27.7 Å². The third-order valence-corrected chi connectivity index (χ3v) is 2.56. The van der Waals surface area contributed by atoms with Crippen LogP contribution in [0, 0.1) is 10.8 Å². The minimum atomic E-state index is 0.175. The molecule has 11 heavy (non-hydrogen) atoms. The van der Waals surface area contributed by atoms with Crippen molar-refractivity contribution in [2.75, 3.05) is 0 Å². The van der Waals surface area contributed by atoms with E-state index in [1.807, 2.05) is 0 Å². The van der Waals surface area contributed by atoms with Gasteiger partial charge in [-0.05, 0) is 17.3 Å². The first-order valence-electron chi connectivity index (χ1n) is 4.52. The van der Waals surface area contributed by atoms with Gasteiger partial charge in [-0.3, -0.25) is 0 Å². The zero-order valence-corrected chi connectivity index (χ0v) is 8.20. The van der Waals surface area contributed by atoms with E-state index in [9.17, 15) is 0 Å². The summed E-state index contributed by atoms with van der Waals surface area (Å²) in [5.41, 5.74) is 8.58.